The first-order valence-electron chi connectivity index (χ1n) is 7.60. The average Bonchev–Trinajstić information content (AvgIpc) is 2.56. The van der Waals surface area contributed by atoms with E-state index in [0.29, 0.717) is 0 Å². The molecule has 0 bridgehead atoms. The van der Waals surface area contributed by atoms with Crippen LogP contribution < -0.4 is 10.1 Å². The van der Waals surface area contributed by atoms with Gasteiger partial charge in [0.05, 0.1) is 0 Å². The Balaban J connectivity index is 0.000000413. The van der Waals surface area contributed by atoms with Gasteiger partial charge in [-0.2, -0.15) is 0 Å². The molecule has 1 saturated heterocycles. The lowest BCUT2D eigenvalue weighted by molar-refractivity contribution is -0.159. The van der Waals surface area contributed by atoms with E-state index in [2.05, 4.69) is 17.1 Å². The molecule has 1 heterocycles. The molecule has 1 fully saturated rings. The van der Waals surface area contributed by atoms with E-state index in [-0.39, 0.29) is 0 Å². The van der Waals surface area contributed by atoms with E-state index in [1.165, 1.54) is 0 Å². The van der Waals surface area contributed by atoms with Gasteiger partial charge in [-0.3, -0.25) is 4.90 Å². The van der Waals surface area contributed by atoms with Gasteiger partial charge in [0.15, 0.2) is 0 Å². The van der Waals surface area contributed by atoms with Crippen molar-refractivity contribution in [2.75, 3.05) is 39.3 Å². The molecule has 0 amide bonds. The second kappa shape index (κ2) is 10.1. The van der Waals surface area contributed by atoms with Gasteiger partial charge >= 0.3 is 11.9 Å². The fraction of sp³-hybridized carbons (Fsp3) is 0.500. The van der Waals surface area contributed by atoms with Gasteiger partial charge in [-0.25, -0.2) is 9.59 Å². The molecule has 8 heteroatoms. The summed E-state index contributed by atoms with van der Waals surface area (Å²) in [6.07, 6.45) is 0. The lowest BCUT2D eigenvalue weighted by atomic mass is 10.1. The van der Waals surface area contributed by atoms with Crippen molar-refractivity contribution in [2.24, 2.45) is 0 Å². The molecule has 7 nitrogen and oxygen atoms in total. The molecule has 0 aliphatic carbocycles. The third kappa shape index (κ3) is 6.74. The summed E-state index contributed by atoms with van der Waals surface area (Å²) in [5, 5.41) is 18.9. The van der Waals surface area contributed by atoms with Crippen LogP contribution in [0, 0.1) is 13.8 Å². The molecular formula is C16H23ClN2O5. The smallest absolute Gasteiger partial charge is 0.414 e. The van der Waals surface area contributed by atoms with Crippen LogP contribution >= 0.6 is 11.6 Å². The molecule has 0 saturated carbocycles. The van der Waals surface area contributed by atoms with E-state index >= 15 is 0 Å². The number of carboxylic acids is 2. The fourth-order valence-electron chi connectivity index (χ4n) is 2.14. The highest BCUT2D eigenvalue weighted by molar-refractivity contribution is 6.31. The number of aliphatic carboxylic acids is 2. The normalized spacial score (nSPS) is 14.5. The third-order valence-electron chi connectivity index (χ3n) is 3.73. The molecule has 24 heavy (non-hydrogen) atoms. The summed E-state index contributed by atoms with van der Waals surface area (Å²) < 4.78 is 5.85. The molecule has 3 N–H and O–H groups in total. The van der Waals surface area contributed by atoms with Crippen LogP contribution in [0.5, 0.6) is 5.75 Å². The first-order valence-corrected chi connectivity index (χ1v) is 7.98. The maximum atomic E-state index is 9.10. The zero-order chi connectivity index (χ0) is 18.1. The van der Waals surface area contributed by atoms with Crippen LogP contribution in [0.1, 0.15) is 11.1 Å². The first kappa shape index (κ1) is 20.2. The number of hydrogen-bond donors (Lipinski definition) is 3. The molecule has 1 aromatic carbocycles. The summed E-state index contributed by atoms with van der Waals surface area (Å²) in [7, 11) is 0. The molecule has 1 aliphatic rings. The Hall–Kier alpha value is -1.83. The topological polar surface area (TPSA) is 99.1 Å². The highest BCUT2D eigenvalue weighted by Crippen LogP contribution is 2.27. The highest BCUT2D eigenvalue weighted by atomic mass is 35.5. The van der Waals surface area contributed by atoms with E-state index in [4.69, 9.17) is 36.1 Å². The molecule has 1 aromatic rings. The maximum Gasteiger partial charge on any atom is 0.414 e. The summed E-state index contributed by atoms with van der Waals surface area (Å²) in [4.78, 5) is 20.6. The molecule has 0 aromatic heterocycles. The van der Waals surface area contributed by atoms with E-state index in [9.17, 15) is 0 Å². The van der Waals surface area contributed by atoms with Crippen molar-refractivity contribution < 1.29 is 24.5 Å². The summed E-state index contributed by atoms with van der Waals surface area (Å²) in [5.74, 6) is -2.70. The van der Waals surface area contributed by atoms with Crippen LogP contribution in [0.4, 0.5) is 0 Å². The molecule has 2 rings (SSSR count). The number of ether oxygens (including phenoxy) is 1. The quantitative estimate of drug-likeness (QED) is 0.699. The van der Waals surface area contributed by atoms with Gasteiger partial charge in [0.1, 0.15) is 12.4 Å². The highest BCUT2D eigenvalue weighted by Gasteiger charge is 2.10. The van der Waals surface area contributed by atoms with Crippen molar-refractivity contribution >= 4 is 23.5 Å². The van der Waals surface area contributed by atoms with Crippen LogP contribution in [0.25, 0.3) is 0 Å². The lowest BCUT2D eigenvalue weighted by Crippen LogP contribution is -2.44. The van der Waals surface area contributed by atoms with Gasteiger partial charge in [-0.15, -0.1) is 0 Å². The van der Waals surface area contributed by atoms with E-state index in [1.807, 2.05) is 19.1 Å². The van der Waals surface area contributed by atoms with Gasteiger partial charge in [0.25, 0.3) is 0 Å². The van der Waals surface area contributed by atoms with Crippen molar-refractivity contribution in [1.29, 1.82) is 0 Å². The fourth-order valence-corrected chi connectivity index (χ4v) is 2.34. The Bertz CT molecular complexity index is 562. The standard InChI is InChI=1S/C14H21ClN2O.C2H2O4/c1-11-12(2)14(4-3-13(11)15)18-10-9-17-7-5-16-6-8-17;3-1(4)2(5)6/h3-4,16H,5-10H2,1-2H3;(H,3,4)(H,5,6). The number of rotatable bonds is 4. The van der Waals surface area contributed by atoms with Crippen LogP contribution in [0.2, 0.25) is 5.02 Å². The van der Waals surface area contributed by atoms with Crippen molar-refractivity contribution in [1.82, 2.24) is 10.2 Å². The SMILES string of the molecule is Cc1c(Cl)ccc(OCCN2CCNCC2)c1C.O=C(O)C(=O)O. The summed E-state index contributed by atoms with van der Waals surface area (Å²) in [5.41, 5.74) is 2.25. The maximum absolute atomic E-state index is 9.10. The van der Waals surface area contributed by atoms with Gasteiger partial charge in [-0.05, 0) is 37.1 Å². The molecule has 134 valence electrons. The predicted octanol–water partition coefficient (Wildman–Crippen LogP) is 1.40. The Morgan fingerprint density at radius 1 is 1.17 bits per heavy atom. The van der Waals surface area contributed by atoms with Crippen molar-refractivity contribution in [3.63, 3.8) is 0 Å². The second-order valence-corrected chi connectivity index (χ2v) is 5.75. The molecule has 0 atom stereocenters. The van der Waals surface area contributed by atoms with Crippen molar-refractivity contribution in [3.8, 4) is 5.75 Å². The largest absolute Gasteiger partial charge is 0.492 e. The molecule has 0 spiro atoms. The van der Waals surface area contributed by atoms with Crippen molar-refractivity contribution in [3.05, 3.63) is 28.3 Å². The first-order chi connectivity index (χ1) is 11.3. The van der Waals surface area contributed by atoms with E-state index < -0.39 is 11.9 Å². The van der Waals surface area contributed by atoms with Crippen LogP contribution in [-0.4, -0.2) is 66.4 Å². The van der Waals surface area contributed by atoms with Gasteiger partial charge in [0, 0.05) is 37.7 Å². The minimum absolute atomic E-state index is 0.738. The Morgan fingerprint density at radius 2 is 1.75 bits per heavy atom. The zero-order valence-electron chi connectivity index (χ0n) is 13.8. The number of piperazine rings is 1. The van der Waals surface area contributed by atoms with Gasteiger partial charge in [-0.1, -0.05) is 11.6 Å². The Labute approximate surface area is 146 Å². The number of hydrogen-bond acceptors (Lipinski definition) is 5. The summed E-state index contributed by atoms with van der Waals surface area (Å²) in [6.45, 7) is 10.2. The number of carbonyl (C=O) groups is 2. The van der Waals surface area contributed by atoms with E-state index in [0.717, 1.165) is 61.2 Å². The second-order valence-electron chi connectivity index (χ2n) is 5.35. The molecule has 1 aliphatic heterocycles. The predicted molar refractivity (Wildman–Crippen MR) is 91.0 cm³/mol. The number of carboxylic acid groups (broad SMARTS) is 2. The minimum Gasteiger partial charge on any atom is -0.492 e. The summed E-state index contributed by atoms with van der Waals surface area (Å²) in [6, 6.07) is 3.87. The number of nitrogens with one attached hydrogen (secondary N) is 1. The third-order valence-corrected chi connectivity index (χ3v) is 4.14. The number of halogens is 1. The Morgan fingerprint density at radius 3 is 2.29 bits per heavy atom. The van der Waals surface area contributed by atoms with Crippen LogP contribution in [0.15, 0.2) is 12.1 Å². The van der Waals surface area contributed by atoms with E-state index in [1.54, 1.807) is 0 Å². The molecular weight excluding hydrogens is 336 g/mol. The Kier molecular flexibility index (Phi) is 8.53. The molecule has 0 radical (unpaired) electrons. The average molecular weight is 359 g/mol. The van der Waals surface area contributed by atoms with Crippen LogP contribution in [0.3, 0.4) is 0 Å². The van der Waals surface area contributed by atoms with Crippen LogP contribution in [-0.2, 0) is 9.59 Å². The molecule has 0 unspecified atom stereocenters. The number of benzene rings is 1. The number of nitrogens with zero attached hydrogens (tertiary/aromatic N) is 1. The van der Waals surface area contributed by atoms with Crippen molar-refractivity contribution in [2.45, 2.75) is 13.8 Å². The lowest BCUT2D eigenvalue weighted by Gasteiger charge is -2.27. The van der Waals surface area contributed by atoms with Gasteiger partial charge in [0.2, 0.25) is 0 Å². The zero-order valence-corrected chi connectivity index (χ0v) is 14.6. The summed E-state index contributed by atoms with van der Waals surface area (Å²) >= 11 is 6.07. The monoisotopic (exact) mass is 358 g/mol. The minimum atomic E-state index is -1.82. The van der Waals surface area contributed by atoms with Gasteiger partial charge < -0.3 is 20.3 Å².